The van der Waals surface area contributed by atoms with Crippen LogP contribution in [0.15, 0.2) is 22.9 Å². The summed E-state index contributed by atoms with van der Waals surface area (Å²) in [6.07, 6.45) is 12.1. The molecule has 166 valence electrons. The third kappa shape index (κ3) is 5.53. The summed E-state index contributed by atoms with van der Waals surface area (Å²) in [4.78, 5) is 28.2. The van der Waals surface area contributed by atoms with Crippen molar-refractivity contribution in [3.05, 3.63) is 39.8 Å². The second-order valence-electron chi connectivity index (χ2n) is 8.86. The summed E-state index contributed by atoms with van der Waals surface area (Å²) in [6.45, 7) is 0.707. The molecule has 0 aromatic carbocycles. The minimum absolute atomic E-state index is 0.0623. The Balaban J connectivity index is 1.29. The summed E-state index contributed by atoms with van der Waals surface area (Å²) in [5, 5.41) is 6.66. The summed E-state index contributed by atoms with van der Waals surface area (Å²) >= 11 is 3.36. The molecule has 7 nitrogen and oxygen atoms in total. The molecule has 2 aliphatic carbocycles. The Bertz CT molecular complexity index is 926. The van der Waals surface area contributed by atoms with Gasteiger partial charge in [-0.2, -0.15) is 4.98 Å². The van der Waals surface area contributed by atoms with Crippen LogP contribution in [0.25, 0.3) is 0 Å². The summed E-state index contributed by atoms with van der Waals surface area (Å²) in [6, 6.07) is 2.18. The van der Waals surface area contributed by atoms with Crippen molar-refractivity contribution in [1.82, 2.24) is 20.3 Å². The number of hydrogen-bond donors (Lipinski definition) is 2. The summed E-state index contributed by atoms with van der Waals surface area (Å²) < 4.78 is 0.813. The fraction of sp³-hybridized carbons (Fsp3) is 0.565. The Labute approximate surface area is 192 Å². The topological polar surface area (TPSA) is 83.0 Å². The van der Waals surface area contributed by atoms with Crippen LogP contribution in [-0.2, 0) is 12.8 Å². The summed E-state index contributed by atoms with van der Waals surface area (Å²) in [5.74, 6) is 2.27. The van der Waals surface area contributed by atoms with E-state index in [1.807, 2.05) is 0 Å². The smallest absolute Gasteiger partial charge is 0.252 e. The average Bonchev–Trinajstić information content (AvgIpc) is 2.77. The van der Waals surface area contributed by atoms with Gasteiger partial charge in [-0.15, -0.1) is 0 Å². The minimum atomic E-state index is -0.0623. The van der Waals surface area contributed by atoms with Gasteiger partial charge in [0.2, 0.25) is 5.95 Å². The van der Waals surface area contributed by atoms with Crippen molar-refractivity contribution in [2.24, 2.45) is 5.92 Å². The van der Waals surface area contributed by atoms with Crippen molar-refractivity contribution in [1.29, 1.82) is 0 Å². The molecule has 2 N–H and O–H groups in total. The zero-order valence-corrected chi connectivity index (χ0v) is 19.9. The lowest BCUT2D eigenvalue weighted by Gasteiger charge is -2.30. The highest BCUT2D eigenvalue weighted by molar-refractivity contribution is 9.10. The molecule has 2 heterocycles. The maximum absolute atomic E-state index is 12.3. The van der Waals surface area contributed by atoms with Crippen molar-refractivity contribution in [3.63, 3.8) is 0 Å². The number of aryl methyl sites for hydroxylation is 1. The van der Waals surface area contributed by atoms with Gasteiger partial charge in [0, 0.05) is 49.1 Å². The maximum atomic E-state index is 12.3. The van der Waals surface area contributed by atoms with Gasteiger partial charge in [-0.3, -0.25) is 9.78 Å². The zero-order chi connectivity index (χ0) is 21.8. The van der Waals surface area contributed by atoms with Gasteiger partial charge in [0.15, 0.2) is 0 Å². The number of hydrogen-bond acceptors (Lipinski definition) is 6. The molecule has 8 heteroatoms. The van der Waals surface area contributed by atoms with Crippen LogP contribution in [0, 0.1) is 5.92 Å². The number of carbonyl (C=O) groups excluding carboxylic acids is 1. The molecule has 0 aliphatic heterocycles. The van der Waals surface area contributed by atoms with Crippen molar-refractivity contribution in [3.8, 4) is 0 Å². The number of carbonyl (C=O) groups is 1. The van der Waals surface area contributed by atoms with Gasteiger partial charge in [-0.25, -0.2) is 4.98 Å². The van der Waals surface area contributed by atoms with Crippen LogP contribution in [0.1, 0.15) is 60.1 Å². The molecular weight excluding hydrogens is 456 g/mol. The van der Waals surface area contributed by atoms with Gasteiger partial charge < -0.3 is 15.5 Å². The number of nitrogens with one attached hydrogen (secondary N) is 2. The number of aromatic nitrogens is 3. The van der Waals surface area contributed by atoms with Crippen LogP contribution in [-0.4, -0.2) is 47.5 Å². The monoisotopic (exact) mass is 486 g/mol. The molecule has 4 rings (SSSR count). The Morgan fingerprint density at radius 2 is 1.90 bits per heavy atom. The van der Waals surface area contributed by atoms with Crippen molar-refractivity contribution < 1.29 is 4.79 Å². The molecule has 1 saturated carbocycles. The van der Waals surface area contributed by atoms with Gasteiger partial charge in [0.25, 0.3) is 5.91 Å². The van der Waals surface area contributed by atoms with Crippen LogP contribution >= 0.6 is 15.9 Å². The van der Waals surface area contributed by atoms with E-state index in [1.165, 1.54) is 24.1 Å². The van der Waals surface area contributed by atoms with Crippen LogP contribution in [0.2, 0.25) is 0 Å². The first-order valence-electron chi connectivity index (χ1n) is 11.2. The zero-order valence-electron chi connectivity index (χ0n) is 18.3. The third-order valence-electron chi connectivity index (χ3n) is 6.28. The maximum Gasteiger partial charge on any atom is 0.252 e. The highest BCUT2D eigenvalue weighted by Gasteiger charge is 2.24. The molecule has 2 aromatic heterocycles. The van der Waals surface area contributed by atoms with E-state index >= 15 is 0 Å². The van der Waals surface area contributed by atoms with E-state index in [0.29, 0.717) is 24.1 Å². The number of nitrogens with zero attached hydrogens (tertiary/aromatic N) is 4. The number of amides is 1. The highest BCUT2D eigenvalue weighted by Crippen LogP contribution is 2.30. The lowest BCUT2D eigenvalue weighted by molar-refractivity contribution is 0.0943. The van der Waals surface area contributed by atoms with Crippen molar-refractivity contribution >= 4 is 33.6 Å². The lowest BCUT2D eigenvalue weighted by Crippen LogP contribution is -2.34. The molecule has 1 amide bonds. The fourth-order valence-electron chi connectivity index (χ4n) is 4.58. The first-order valence-corrected chi connectivity index (χ1v) is 12.0. The van der Waals surface area contributed by atoms with E-state index in [4.69, 9.17) is 9.97 Å². The Morgan fingerprint density at radius 3 is 2.65 bits per heavy atom. The van der Waals surface area contributed by atoms with Crippen LogP contribution in [0.3, 0.4) is 0 Å². The second-order valence-corrected chi connectivity index (χ2v) is 9.78. The molecule has 31 heavy (non-hydrogen) atoms. The predicted octanol–water partition coefficient (Wildman–Crippen LogP) is 3.98. The van der Waals surface area contributed by atoms with Gasteiger partial charge in [0.1, 0.15) is 5.82 Å². The first kappa shape index (κ1) is 22.0. The summed E-state index contributed by atoms with van der Waals surface area (Å²) in [7, 11) is 4.12. The number of pyridine rings is 1. The van der Waals surface area contributed by atoms with E-state index in [2.05, 4.69) is 50.5 Å². The lowest BCUT2D eigenvalue weighted by atomic mass is 9.86. The molecule has 2 aromatic rings. The minimum Gasteiger partial charge on any atom is -0.362 e. The normalized spacial score (nSPS) is 20.6. The molecule has 0 bridgehead atoms. The van der Waals surface area contributed by atoms with Crippen LogP contribution in [0.4, 0.5) is 11.8 Å². The molecule has 1 fully saturated rings. The molecule has 0 spiro atoms. The molecule has 0 unspecified atom stereocenters. The number of halogens is 1. The largest absolute Gasteiger partial charge is 0.362 e. The van der Waals surface area contributed by atoms with Gasteiger partial charge in [-0.05, 0) is 79.3 Å². The van der Waals surface area contributed by atoms with Crippen molar-refractivity contribution in [2.75, 3.05) is 30.9 Å². The quantitative estimate of drug-likeness (QED) is 0.642. The Kier molecular flexibility index (Phi) is 7.05. The molecule has 2 aliphatic rings. The van der Waals surface area contributed by atoms with Crippen LogP contribution < -0.4 is 15.5 Å². The van der Waals surface area contributed by atoms with E-state index in [0.717, 1.165) is 54.8 Å². The number of rotatable bonds is 6. The summed E-state index contributed by atoms with van der Waals surface area (Å²) in [5.41, 5.74) is 3.12. The standard InChI is InChI=1S/C23H31BrN6O/c1-30(2)21-19-5-3-4-6-20(19)28-23(29-21)27-18-9-7-15(8-10-18)12-26-22(31)16-11-17(24)14-25-13-16/h11,13-15,18H,3-10,12H2,1-2H3,(H,26,31)(H,27,28,29)/t15-,18+. The average molecular weight is 487 g/mol. The number of anilines is 2. The Morgan fingerprint density at radius 1 is 1.13 bits per heavy atom. The van der Waals surface area contributed by atoms with Gasteiger partial charge >= 0.3 is 0 Å². The predicted molar refractivity (Wildman–Crippen MR) is 127 cm³/mol. The van der Waals surface area contributed by atoms with E-state index in [9.17, 15) is 4.79 Å². The molecule has 0 atom stereocenters. The molecule has 0 radical (unpaired) electrons. The van der Waals surface area contributed by atoms with Crippen LogP contribution in [0.5, 0.6) is 0 Å². The molecule has 0 saturated heterocycles. The second kappa shape index (κ2) is 9.94. The Hall–Kier alpha value is -2.22. The van der Waals surface area contributed by atoms with Gasteiger partial charge in [0.05, 0.1) is 11.3 Å². The number of fused-ring (bicyclic) bond motifs is 1. The van der Waals surface area contributed by atoms with E-state index in [-0.39, 0.29) is 5.91 Å². The van der Waals surface area contributed by atoms with Crippen molar-refractivity contribution in [2.45, 2.75) is 57.4 Å². The van der Waals surface area contributed by atoms with Gasteiger partial charge in [-0.1, -0.05) is 0 Å². The SMILES string of the molecule is CN(C)c1nc(N[C@H]2CC[C@@H](CNC(=O)c3cncc(Br)c3)CC2)nc2c1CCCC2. The first-order chi connectivity index (χ1) is 15.0. The fourth-order valence-corrected chi connectivity index (χ4v) is 4.94. The molecular formula is C23H31BrN6O. The van der Waals surface area contributed by atoms with E-state index < -0.39 is 0 Å². The third-order valence-corrected chi connectivity index (χ3v) is 6.72. The highest BCUT2D eigenvalue weighted by atomic mass is 79.9. The van der Waals surface area contributed by atoms with E-state index in [1.54, 1.807) is 18.5 Å².